The molecule has 0 aliphatic heterocycles. The second kappa shape index (κ2) is 54.8. The molecule has 0 fully saturated rings. The first kappa shape index (κ1) is 71.0. The molecule has 0 aromatic carbocycles. The molecule has 3 unspecified atom stereocenters. The molecule has 0 bridgehead atoms. The van der Waals surface area contributed by atoms with Crippen molar-refractivity contribution in [2.75, 3.05) is 40.9 Å². The molecule has 0 rings (SSSR count). The van der Waals surface area contributed by atoms with Gasteiger partial charge in [0.15, 0.2) is 0 Å². The summed E-state index contributed by atoms with van der Waals surface area (Å²) in [5, 5.41) is 13.7. The van der Waals surface area contributed by atoms with E-state index in [2.05, 4.69) is 31.3 Å². The zero-order valence-electron chi connectivity index (χ0n) is 48.9. The first-order valence-electron chi connectivity index (χ1n) is 31.7. The number of phosphoric acid groups is 1. The fourth-order valence-corrected chi connectivity index (χ4v) is 10.4. The molecule has 72 heavy (non-hydrogen) atoms. The van der Waals surface area contributed by atoms with Crippen LogP contribution in [0.4, 0.5) is 0 Å². The second-order valence-electron chi connectivity index (χ2n) is 23.1. The topological polar surface area (TPSA) is 108 Å². The van der Waals surface area contributed by atoms with Gasteiger partial charge >= 0.3 is 0 Å². The average molecular weight is 1040 g/mol. The molecular formula is C63H125N2O6P. The Hall–Kier alpha value is -1.02. The molecule has 9 heteroatoms. The maximum atomic E-state index is 12.9. The Morgan fingerprint density at radius 3 is 1.12 bits per heavy atom. The Kier molecular flexibility index (Phi) is 54.0. The van der Waals surface area contributed by atoms with Gasteiger partial charge < -0.3 is 28.8 Å². The molecule has 3 atom stereocenters. The van der Waals surface area contributed by atoms with Gasteiger partial charge in [-0.25, -0.2) is 0 Å². The Labute approximate surface area is 449 Å². The number of quaternary nitrogens is 1. The second-order valence-corrected chi connectivity index (χ2v) is 24.5. The maximum Gasteiger partial charge on any atom is 0.268 e. The molecule has 0 aromatic heterocycles. The van der Waals surface area contributed by atoms with E-state index in [9.17, 15) is 19.4 Å². The number of nitrogens with zero attached hydrogens (tertiary/aromatic N) is 1. The predicted octanol–water partition coefficient (Wildman–Crippen LogP) is 18.9. The van der Waals surface area contributed by atoms with Crippen LogP contribution in [0.1, 0.15) is 322 Å². The molecule has 0 heterocycles. The lowest BCUT2D eigenvalue weighted by Crippen LogP contribution is -2.45. The van der Waals surface area contributed by atoms with Crippen molar-refractivity contribution in [1.29, 1.82) is 0 Å². The molecule has 0 saturated heterocycles. The van der Waals surface area contributed by atoms with Crippen LogP contribution in [0.2, 0.25) is 0 Å². The van der Waals surface area contributed by atoms with Crippen molar-refractivity contribution in [1.82, 2.24) is 5.32 Å². The van der Waals surface area contributed by atoms with Gasteiger partial charge in [-0.1, -0.05) is 308 Å². The molecule has 0 spiro atoms. The van der Waals surface area contributed by atoms with E-state index in [4.69, 9.17) is 9.05 Å². The van der Waals surface area contributed by atoms with Gasteiger partial charge in [-0.15, -0.1) is 0 Å². The number of carbonyl (C=O) groups is 1. The van der Waals surface area contributed by atoms with Crippen LogP contribution in [0.25, 0.3) is 0 Å². The predicted molar refractivity (Wildman–Crippen MR) is 312 cm³/mol. The van der Waals surface area contributed by atoms with E-state index in [-0.39, 0.29) is 19.1 Å². The Balaban J connectivity index is 3.72. The van der Waals surface area contributed by atoms with Crippen molar-refractivity contribution in [3.05, 3.63) is 24.3 Å². The molecule has 0 saturated carbocycles. The van der Waals surface area contributed by atoms with Crippen LogP contribution >= 0.6 is 7.82 Å². The van der Waals surface area contributed by atoms with Crippen molar-refractivity contribution in [3.63, 3.8) is 0 Å². The minimum atomic E-state index is -4.59. The highest BCUT2D eigenvalue weighted by molar-refractivity contribution is 7.45. The van der Waals surface area contributed by atoms with Crippen molar-refractivity contribution >= 4 is 13.7 Å². The zero-order chi connectivity index (χ0) is 52.7. The number of allylic oxidation sites excluding steroid dienone is 3. The van der Waals surface area contributed by atoms with E-state index in [1.54, 1.807) is 6.08 Å². The van der Waals surface area contributed by atoms with Crippen LogP contribution in [0.5, 0.6) is 0 Å². The Morgan fingerprint density at radius 2 is 0.778 bits per heavy atom. The van der Waals surface area contributed by atoms with Crippen LogP contribution in [-0.4, -0.2) is 68.5 Å². The minimum Gasteiger partial charge on any atom is -0.756 e. The molecule has 428 valence electrons. The summed E-state index contributed by atoms with van der Waals surface area (Å²) in [5.41, 5.74) is 0. The largest absolute Gasteiger partial charge is 0.756 e. The van der Waals surface area contributed by atoms with Crippen LogP contribution in [0.3, 0.4) is 0 Å². The summed E-state index contributed by atoms with van der Waals surface area (Å²) >= 11 is 0. The average Bonchev–Trinajstić information content (AvgIpc) is 3.34. The van der Waals surface area contributed by atoms with Crippen molar-refractivity contribution in [2.24, 2.45) is 0 Å². The van der Waals surface area contributed by atoms with Crippen LogP contribution < -0.4 is 10.2 Å². The van der Waals surface area contributed by atoms with E-state index < -0.39 is 20.0 Å². The van der Waals surface area contributed by atoms with Gasteiger partial charge in [-0.3, -0.25) is 9.36 Å². The monoisotopic (exact) mass is 1040 g/mol. The summed E-state index contributed by atoms with van der Waals surface area (Å²) in [7, 11) is 1.25. The third-order valence-corrected chi connectivity index (χ3v) is 15.6. The highest BCUT2D eigenvalue weighted by Crippen LogP contribution is 2.38. The number of rotatable bonds is 59. The SMILES string of the molecule is CCCCC/C=C/CC/C=C/C(O)C(COP(=O)([O-])OCC[N+](C)(C)C)NC(=O)CCCCCCCCCCCCCCCCCCCCCCCCCCCCCCCCCCCCCCCCCCC. The standard InChI is InChI=1S/C63H125N2O6P/c1-6-8-10-12-14-16-17-18-19-20-21-22-23-24-25-26-27-28-29-30-31-32-33-34-35-36-37-38-39-40-41-42-43-44-45-46-47-49-51-53-55-57-63(67)64-61(60-71-72(68,69)70-59-58-65(3,4)5)62(66)56-54-52-50-48-15-13-11-9-7-2/h15,48,54,56,61-62,66H,6-14,16-47,49-53,55,57-60H2,1-5H3,(H-,64,67,68,69)/b48-15+,56-54+. The molecule has 2 N–H and O–H groups in total. The van der Waals surface area contributed by atoms with E-state index in [0.29, 0.717) is 17.4 Å². The number of hydrogen-bond acceptors (Lipinski definition) is 6. The summed E-state index contributed by atoms with van der Waals surface area (Å²) in [6.45, 7) is 4.60. The molecule has 0 aromatic rings. The number of aliphatic hydroxyl groups excluding tert-OH is 1. The normalized spacial score (nSPS) is 13.9. The Bertz CT molecular complexity index is 1220. The first-order valence-corrected chi connectivity index (χ1v) is 33.2. The van der Waals surface area contributed by atoms with Gasteiger partial charge in [0.05, 0.1) is 39.9 Å². The lowest BCUT2D eigenvalue weighted by Gasteiger charge is -2.29. The number of amides is 1. The number of unbranched alkanes of at least 4 members (excludes halogenated alkanes) is 44. The minimum absolute atomic E-state index is 0.00444. The smallest absolute Gasteiger partial charge is 0.268 e. The summed E-state index contributed by atoms with van der Waals surface area (Å²) in [6.07, 6.45) is 70.6. The number of likely N-dealkylation sites (N-methyl/N-ethyl adjacent to an activating group) is 1. The van der Waals surface area contributed by atoms with E-state index in [0.717, 1.165) is 38.5 Å². The summed E-state index contributed by atoms with van der Waals surface area (Å²) in [4.78, 5) is 25.3. The maximum absolute atomic E-state index is 12.9. The van der Waals surface area contributed by atoms with Crippen LogP contribution in [0.15, 0.2) is 24.3 Å². The third kappa shape index (κ3) is 56.7. The fraction of sp³-hybridized carbons (Fsp3) is 0.921. The van der Waals surface area contributed by atoms with Crippen LogP contribution in [-0.2, 0) is 18.4 Å². The van der Waals surface area contributed by atoms with Crippen molar-refractivity contribution < 1.29 is 32.9 Å². The third-order valence-electron chi connectivity index (χ3n) is 14.7. The lowest BCUT2D eigenvalue weighted by atomic mass is 10.0. The number of hydrogen-bond donors (Lipinski definition) is 2. The number of aliphatic hydroxyl groups is 1. The molecule has 0 radical (unpaired) electrons. The molecule has 8 nitrogen and oxygen atoms in total. The first-order chi connectivity index (χ1) is 35.0. The number of carbonyl (C=O) groups excluding carboxylic acids is 1. The molecular weight excluding hydrogens is 912 g/mol. The van der Waals surface area contributed by atoms with Crippen molar-refractivity contribution in [2.45, 2.75) is 334 Å². The fourth-order valence-electron chi connectivity index (χ4n) is 9.70. The van der Waals surface area contributed by atoms with Crippen molar-refractivity contribution in [3.8, 4) is 0 Å². The Morgan fingerprint density at radius 1 is 0.472 bits per heavy atom. The summed E-state index contributed by atoms with van der Waals surface area (Å²) in [6, 6.07) is -0.898. The van der Waals surface area contributed by atoms with Gasteiger partial charge in [0.1, 0.15) is 13.2 Å². The van der Waals surface area contributed by atoms with Gasteiger partial charge in [-0.05, 0) is 32.1 Å². The molecule has 0 aliphatic rings. The van der Waals surface area contributed by atoms with Crippen LogP contribution in [0, 0.1) is 0 Å². The number of phosphoric ester groups is 1. The highest BCUT2D eigenvalue weighted by atomic mass is 31.2. The highest BCUT2D eigenvalue weighted by Gasteiger charge is 2.23. The zero-order valence-corrected chi connectivity index (χ0v) is 49.8. The van der Waals surface area contributed by atoms with Gasteiger partial charge in [-0.2, -0.15) is 0 Å². The summed E-state index contributed by atoms with van der Waals surface area (Å²) < 4.78 is 23.2. The molecule has 0 aliphatic carbocycles. The summed E-state index contributed by atoms with van der Waals surface area (Å²) in [5.74, 6) is -0.204. The van der Waals surface area contributed by atoms with Gasteiger partial charge in [0.2, 0.25) is 5.91 Å². The number of nitrogens with one attached hydrogen (secondary N) is 1. The lowest BCUT2D eigenvalue weighted by molar-refractivity contribution is -0.870. The quantitative estimate of drug-likeness (QED) is 0.0272. The van der Waals surface area contributed by atoms with E-state index >= 15 is 0 Å². The van der Waals surface area contributed by atoms with Gasteiger partial charge in [0, 0.05) is 6.42 Å². The van der Waals surface area contributed by atoms with Gasteiger partial charge in [0.25, 0.3) is 7.82 Å². The van der Waals surface area contributed by atoms with E-state index in [1.165, 1.54) is 263 Å². The van der Waals surface area contributed by atoms with E-state index in [1.807, 2.05) is 27.2 Å². The molecule has 1 amide bonds.